The second-order valence-electron chi connectivity index (χ2n) is 31.1. The Hall–Kier alpha value is -16.2. The number of aromatic nitrogens is 13. The molecule has 15 aromatic carbocycles. The van der Waals surface area contributed by atoms with E-state index in [2.05, 4.69) is 226 Å². The molecule has 0 aliphatic rings. The molecule has 0 N–H and O–H groups in total. The highest BCUT2D eigenvalue weighted by Gasteiger charge is 2.30. The van der Waals surface area contributed by atoms with Crippen LogP contribution in [0.2, 0.25) is 0 Å². The van der Waals surface area contributed by atoms with E-state index in [9.17, 15) is 0 Å². The van der Waals surface area contributed by atoms with Crippen LogP contribution in [0.25, 0.3) is 255 Å². The van der Waals surface area contributed by atoms with Crippen LogP contribution in [0.4, 0.5) is 0 Å². The molecule has 28 aromatic rings. The minimum atomic E-state index is 0.551. The summed E-state index contributed by atoms with van der Waals surface area (Å²) in [7, 11) is 0. The number of furan rings is 1. The maximum Gasteiger partial charge on any atom is 0.240 e. The fourth-order valence-electron chi connectivity index (χ4n) is 18.9. The van der Waals surface area contributed by atoms with Gasteiger partial charge in [0.05, 0.1) is 36.2 Å². The Bertz CT molecular complexity index is 9290. The van der Waals surface area contributed by atoms with Gasteiger partial charge in [0.1, 0.15) is 33.7 Å². The molecule has 17 heteroatoms. The first-order valence-electron chi connectivity index (χ1n) is 41.3. The summed E-state index contributed by atoms with van der Waals surface area (Å²) >= 11 is 5.47. The van der Waals surface area contributed by atoms with Crippen LogP contribution in [0.1, 0.15) is 0 Å². The maximum absolute atomic E-state index is 6.41. The Morgan fingerprint density at radius 1 is 0.232 bits per heavy atom. The Balaban J connectivity index is 0.000000100. The number of thiophene rings is 3. The summed E-state index contributed by atoms with van der Waals surface area (Å²) in [4.78, 5) is 50.8. The molecule has 0 unspecified atom stereocenters. The van der Waals surface area contributed by atoms with Crippen molar-refractivity contribution in [3.8, 4) is 63.1 Å². The monoisotopic (exact) mass is 1650 g/mol. The molecule has 582 valence electrons. The van der Waals surface area contributed by atoms with Gasteiger partial charge in [-0.1, -0.05) is 273 Å². The molecule has 0 radical (unpaired) electrons. The van der Waals surface area contributed by atoms with Crippen molar-refractivity contribution in [2.75, 3.05) is 0 Å². The van der Waals surface area contributed by atoms with Gasteiger partial charge in [0, 0.05) is 130 Å². The van der Waals surface area contributed by atoms with Gasteiger partial charge in [0.15, 0.2) is 28.9 Å². The Morgan fingerprint density at radius 3 is 1.00 bits per heavy atom. The highest BCUT2D eigenvalue weighted by atomic mass is 32.1. The van der Waals surface area contributed by atoms with Gasteiger partial charge in [-0.05, 0) is 111 Å². The Labute approximate surface area is 721 Å². The normalized spacial score (nSPS) is 12.0. The first-order chi connectivity index (χ1) is 62.1. The van der Waals surface area contributed by atoms with Crippen molar-refractivity contribution >= 4 is 226 Å². The van der Waals surface area contributed by atoms with Gasteiger partial charge in [-0.2, -0.15) is 9.97 Å². The first kappa shape index (κ1) is 70.6. The first-order valence-corrected chi connectivity index (χ1v) is 43.8. The minimum Gasteiger partial charge on any atom is -0.452 e. The predicted octanol–water partition coefficient (Wildman–Crippen LogP) is 28.6. The maximum atomic E-state index is 6.41. The topological polar surface area (TPSA) is 157 Å². The molecule has 0 atom stereocenters. The van der Waals surface area contributed by atoms with Crippen LogP contribution in [0, 0.1) is 0 Å². The molecule has 0 amide bonds. The van der Waals surface area contributed by atoms with Crippen LogP contribution in [0.15, 0.2) is 375 Å². The number of hydrogen-bond acceptors (Lipinski definition) is 14. The summed E-state index contributed by atoms with van der Waals surface area (Å²) in [5.41, 5.74) is 13.6. The van der Waals surface area contributed by atoms with Crippen molar-refractivity contribution in [3.05, 3.63) is 370 Å². The van der Waals surface area contributed by atoms with Crippen LogP contribution in [-0.4, -0.2) is 63.5 Å². The standard InChI is InChI=1S/C37H20N4OS.C36H21N5S.C35H20N4S/c1-2-11-21(12-3-1)31-34-32(24-15-6-8-18-27(24)42-34)40-37(39-31)41-33-29(26-17-10-20-38-36(26)41)22-13-4-5-14-23(22)30-25-16-7-9-19-28(25)43-35(30)33;1-3-12-22(13-4-1)33-38-34(23-14-5-2-6-15-23)40-36(39-33)41-31-29(27-19-11-21-37-35(27)41)24-16-7-8-17-25(24)30-26-18-9-10-20-28(26)42-32(30)31;1-2-11-21(12-3-1)33-37-27-18-8-6-15-24(27)35(38-33)39-31-29(26-17-10-20-36-34(26)39)22-13-4-5-14-23(22)30-25-16-7-9-19-28(25)40-32(30)31/h1-20H;1-21H;1-20H. The Morgan fingerprint density at radius 2 is 0.560 bits per heavy atom. The lowest BCUT2D eigenvalue weighted by atomic mass is 9.99. The van der Waals surface area contributed by atoms with Gasteiger partial charge in [0.25, 0.3) is 0 Å². The highest BCUT2D eigenvalue weighted by Crippen LogP contribution is 2.52. The van der Waals surface area contributed by atoms with Crippen LogP contribution < -0.4 is 0 Å². The van der Waals surface area contributed by atoms with Crippen molar-refractivity contribution in [2.24, 2.45) is 0 Å². The zero-order valence-corrected chi connectivity index (χ0v) is 68.6. The molecule has 13 heterocycles. The van der Waals surface area contributed by atoms with Crippen molar-refractivity contribution in [1.82, 2.24) is 63.5 Å². The van der Waals surface area contributed by atoms with E-state index in [0.717, 1.165) is 116 Å². The smallest absolute Gasteiger partial charge is 0.240 e. The van der Waals surface area contributed by atoms with Gasteiger partial charge in [0.2, 0.25) is 11.9 Å². The van der Waals surface area contributed by atoms with Crippen molar-refractivity contribution in [2.45, 2.75) is 0 Å². The molecular weight excluding hydrogens is 1590 g/mol. The lowest BCUT2D eigenvalue weighted by molar-refractivity contribution is 0.666. The number of nitrogens with zero attached hydrogens (tertiary/aromatic N) is 13. The fourth-order valence-corrected chi connectivity index (χ4v) is 22.7. The summed E-state index contributed by atoms with van der Waals surface area (Å²) in [5.74, 6) is 3.92. The number of benzene rings is 15. The van der Waals surface area contributed by atoms with Crippen LogP contribution in [0.5, 0.6) is 0 Å². The van der Waals surface area contributed by atoms with Crippen LogP contribution in [0.3, 0.4) is 0 Å². The summed E-state index contributed by atoms with van der Waals surface area (Å²) in [5, 5.41) is 23.7. The van der Waals surface area contributed by atoms with Gasteiger partial charge >= 0.3 is 0 Å². The van der Waals surface area contributed by atoms with Gasteiger partial charge in [-0.15, -0.1) is 34.0 Å². The second kappa shape index (κ2) is 28.2. The van der Waals surface area contributed by atoms with Crippen LogP contribution in [-0.2, 0) is 0 Å². The van der Waals surface area contributed by atoms with Gasteiger partial charge in [-0.3, -0.25) is 13.7 Å². The third kappa shape index (κ3) is 10.9. The Kier molecular flexibility index (Phi) is 15.9. The number of para-hydroxylation sites is 2. The molecule has 0 fully saturated rings. The minimum absolute atomic E-state index is 0.551. The summed E-state index contributed by atoms with van der Waals surface area (Å²) in [6.07, 6.45) is 5.58. The number of fused-ring (bicyclic) bond motifs is 34. The quantitative estimate of drug-likeness (QED) is 0.150. The molecular formula is C108H61N13OS3. The lowest BCUT2D eigenvalue weighted by Gasteiger charge is -2.13. The molecule has 0 aliphatic carbocycles. The molecule has 0 bridgehead atoms. The average molecular weight is 1650 g/mol. The third-order valence-electron chi connectivity index (χ3n) is 24.2. The van der Waals surface area contributed by atoms with E-state index in [1.807, 2.05) is 192 Å². The van der Waals surface area contributed by atoms with E-state index >= 15 is 0 Å². The molecule has 14 nitrogen and oxygen atoms in total. The molecule has 125 heavy (non-hydrogen) atoms. The van der Waals surface area contributed by atoms with E-state index in [1.54, 1.807) is 0 Å². The van der Waals surface area contributed by atoms with Crippen molar-refractivity contribution in [1.29, 1.82) is 0 Å². The summed E-state index contributed by atoms with van der Waals surface area (Å²) in [6, 6.07) is 122. The lowest BCUT2D eigenvalue weighted by Crippen LogP contribution is -2.07. The fraction of sp³-hybridized carbons (Fsp3) is 0. The molecule has 0 spiro atoms. The molecule has 13 aromatic heterocycles. The zero-order valence-electron chi connectivity index (χ0n) is 66.2. The van der Waals surface area contributed by atoms with Crippen LogP contribution >= 0.6 is 34.0 Å². The zero-order chi connectivity index (χ0) is 81.9. The SMILES string of the molecule is c1ccc(-c2nc(-c3ccccc3)nc(-n3c4ncccc4c4c5ccccc5c5c6ccccc6sc5c43)n2)cc1.c1ccc(-c2nc(-n3c4ncccc4c4c5ccccc5c5c6ccccc6sc5c43)c3ccccc3n2)cc1.c1ccc(-c2nc(-n3c4ncccc4c4c5ccccc5c5c6ccccc6sc5c43)nc3c2oc2ccccc23)cc1. The van der Waals surface area contributed by atoms with E-state index in [1.165, 1.54) is 104 Å². The van der Waals surface area contributed by atoms with Crippen molar-refractivity contribution < 1.29 is 4.42 Å². The van der Waals surface area contributed by atoms with Gasteiger partial charge in [-0.25, -0.2) is 39.9 Å². The second-order valence-corrected chi connectivity index (χ2v) is 34.3. The number of rotatable bonds is 7. The molecule has 0 saturated heterocycles. The summed E-state index contributed by atoms with van der Waals surface area (Å²) in [6.45, 7) is 0. The molecule has 0 saturated carbocycles. The average Bonchev–Trinajstić information content (AvgIpc) is 1.55. The van der Waals surface area contributed by atoms with Crippen molar-refractivity contribution in [3.63, 3.8) is 0 Å². The van der Waals surface area contributed by atoms with E-state index in [0.29, 0.717) is 35.0 Å². The highest BCUT2D eigenvalue weighted by molar-refractivity contribution is 7.28. The van der Waals surface area contributed by atoms with E-state index < -0.39 is 0 Å². The molecule has 0 aliphatic heterocycles. The number of hydrogen-bond donors (Lipinski definition) is 0. The third-order valence-corrected chi connectivity index (χ3v) is 27.7. The van der Waals surface area contributed by atoms with E-state index in [-0.39, 0.29) is 0 Å². The summed E-state index contributed by atoms with van der Waals surface area (Å²) < 4.78 is 20.4. The van der Waals surface area contributed by atoms with Gasteiger partial charge < -0.3 is 4.42 Å². The largest absolute Gasteiger partial charge is 0.452 e. The molecule has 28 rings (SSSR count). The number of pyridine rings is 3. The van der Waals surface area contributed by atoms with E-state index in [4.69, 9.17) is 54.3 Å². The predicted molar refractivity (Wildman–Crippen MR) is 518 cm³/mol.